The van der Waals surface area contributed by atoms with Crippen molar-refractivity contribution in [2.24, 2.45) is 0 Å². The van der Waals surface area contributed by atoms with Crippen LogP contribution in [0.15, 0.2) is 78.9 Å². The predicted octanol–water partition coefficient (Wildman–Crippen LogP) is 5.54. The van der Waals surface area contributed by atoms with E-state index in [2.05, 4.69) is 26.1 Å². The van der Waals surface area contributed by atoms with Crippen molar-refractivity contribution in [2.45, 2.75) is 19.4 Å². The third-order valence-electron chi connectivity index (χ3n) is 4.96. The van der Waals surface area contributed by atoms with E-state index in [0.29, 0.717) is 27.3 Å². The van der Waals surface area contributed by atoms with Crippen molar-refractivity contribution < 1.29 is 9.59 Å². The average molecular weight is 492 g/mol. The molecule has 0 fully saturated rings. The third kappa shape index (κ3) is 6.40. The maximum atomic E-state index is 13.1. The van der Waals surface area contributed by atoms with Crippen molar-refractivity contribution in [3.05, 3.63) is 95.0 Å². The molecule has 0 aliphatic rings. The van der Waals surface area contributed by atoms with Gasteiger partial charge in [-0.15, -0.1) is 10.2 Å². The summed E-state index contributed by atoms with van der Waals surface area (Å²) in [5, 5.41) is 18.2. The Morgan fingerprint density at radius 2 is 1.62 bits per heavy atom. The van der Waals surface area contributed by atoms with Crippen LogP contribution in [0.3, 0.4) is 0 Å². The summed E-state index contributed by atoms with van der Waals surface area (Å²) in [6.07, 6.45) is 0.316. The molecule has 0 saturated heterocycles. The molecular weight excluding hydrogens is 470 g/mol. The van der Waals surface area contributed by atoms with Gasteiger partial charge < -0.3 is 10.6 Å². The van der Waals surface area contributed by atoms with Gasteiger partial charge in [0, 0.05) is 22.7 Å². The zero-order chi connectivity index (χ0) is 23.9. The lowest BCUT2D eigenvalue weighted by Gasteiger charge is -2.18. The van der Waals surface area contributed by atoms with Crippen LogP contribution in [0.1, 0.15) is 11.1 Å². The number of amides is 3. The number of halogens is 1. The van der Waals surface area contributed by atoms with Crippen LogP contribution in [-0.4, -0.2) is 28.2 Å². The average Bonchev–Trinajstić information content (AvgIpc) is 3.29. The van der Waals surface area contributed by atoms with E-state index in [4.69, 9.17) is 11.6 Å². The van der Waals surface area contributed by atoms with Crippen LogP contribution in [0.5, 0.6) is 0 Å². The zero-order valence-electron chi connectivity index (χ0n) is 18.3. The lowest BCUT2D eigenvalue weighted by atomic mass is 10.1. The predicted molar refractivity (Wildman–Crippen MR) is 136 cm³/mol. The van der Waals surface area contributed by atoms with Gasteiger partial charge in [-0.3, -0.25) is 10.1 Å². The highest BCUT2D eigenvalue weighted by Crippen LogP contribution is 2.27. The number of hydrogen-bond donors (Lipinski definition) is 3. The number of nitrogens with zero attached hydrogens (tertiary/aromatic N) is 2. The van der Waals surface area contributed by atoms with Gasteiger partial charge in [-0.05, 0) is 36.8 Å². The van der Waals surface area contributed by atoms with Gasteiger partial charge >= 0.3 is 6.03 Å². The standard InChI is InChI=1S/C25H22ClN5O2S/c1-16-7-13-20(14-8-16)27-24(33)28-21(15-17-5-3-2-4-6-17)22(32)29-25-31-30-23(34-25)18-9-11-19(26)12-10-18/h2-14,21H,15H2,1H3,(H2,27,28,33)(H,29,31,32). The van der Waals surface area contributed by atoms with Gasteiger partial charge in [0.25, 0.3) is 0 Å². The lowest BCUT2D eigenvalue weighted by Crippen LogP contribution is -2.46. The van der Waals surface area contributed by atoms with Crippen molar-refractivity contribution >= 4 is 45.7 Å². The molecule has 4 aromatic rings. The van der Waals surface area contributed by atoms with Gasteiger partial charge in [0.1, 0.15) is 11.0 Å². The molecule has 0 saturated carbocycles. The van der Waals surface area contributed by atoms with E-state index in [1.165, 1.54) is 11.3 Å². The quantitative estimate of drug-likeness (QED) is 0.316. The fourth-order valence-electron chi connectivity index (χ4n) is 3.20. The van der Waals surface area contributed by atoms with E-state index >= 15 is 0 Å². The Morgan fingerprint density at radius 3 is 2.32 bits per heavy atom. The number of carbonyl (C=O) groups is 2. The molecule has 0 spiro atoms. The maximum absolute atomic E-state index is 13.1. The Labute approximate surface area is 206 Å². The molecule has 1 aromatic heterocycles. The number of urea groups is 1. The third-order valence-corrected chi connectivity index (χ3v) is 6.10. The Bertz CT molecular complexity index is 1260. The second-order valence-electron chi connectivity index (χ2n) is 7.62. The second kappa shape index (κ2) is 10.9. The van der Waals surface area contributed by atoms with Crippen molar-refractivity contribution in [2.75, 3.05) is 10.6 Å². The van der Waals surface area contributed by atoms with Gasteiger partial charge in [-0.25, -0.2) is 4.79 Å². The van der Waals surface area contributed by atoms with E-state index in [-0.39, 0.29) is 5.91 Å². The van der Waals surface area contributed by atoms with Gasteiger partial charge in [0.05, 0.1) is 0 Å². The fraction of sp³-hybridized carbons (Fsp3) is 0.120. The number of anilines is 2. The topological polar surface area (TPSA) is 96.0 Å². The second-order valence-corrected chi connectivity index (χ2v) is 9.03. The Balaban J connectivity index is 1.46. The molecule has 0 aliphatic carbocycles. The van der Waals surface area contributed by atoms with Gasteiger partial charge in [0.2, 0.25) is 11.0 Å². The molecular formula is C25H22ClN5O2S. The molecule has 34 heavy (non-hydrogen) atoms. The van der Waals surface area contributed by atoms with Crippen LogP contribution in [0, 0.1) is 6.92 Å². The number of rotatable bonds is 7. The molecule has 3 N–H and O–H groups in total. The molecule has 0 bridgehead atoms. The summed E-state index contributed by atoms with van der Waals surface area (Å²) >= 11 is 7.19. The van der Waals surface area contributed by atoms with Crippen molar-refractivity contribution in [3.8, 4) is 10.6 Å². The largest absolute Gasteiger partial charge is 0.326 e. The summed E-state index contributed by atoms with van der Waals surface area (Å²) in [5.41, 5.74) is 3.48. The molecule has 0 radical (unpaired) electrons. The van der Waals surface area contributed by atoms with Crippen LogP contribution >= 0.6 is 22.9 Å². The number of nitrogens with one attached hydrogen (secondary N) is 3. The lowest BCUT2D eigenvalue weighted by molar-refractivity contribution is -0.117. The molecule has 1 heterocycles. The van der Waals surface area contributed by atoms with Crippen molar-refractivity contribution in [1.82, 2.24) is 15.5 Å². The number of carbonyl (C=O) groups excluding carboxylic acids is 2. The smallest absolute Gasteiger partial charge is 0.319 e. The first-order valence-corrected chi connectivity index (χ1v) is 11.7. The highest BCUT2D eigenvalue weighted by atomic mass is 35.5. The summed E-state index contributed by atoms with van der Waals surface area (Å²) < 4.78 is 0. The first-order chi connectivity index (χ1) is 16.5. The molecule has 1 atom stereocenters. The minimum absolute atomic E-state index is 0.316. The normalized spacial score (nSPS) is 11.5. The monoisotopic (exact) mass is 491 g/mol. The Kier molecular flexibility index (Phi) is 7.51. The number of aromatic nitrogens is 2. The number of aryl methyl sites for hydroxylation is 1. The Morgan fingerprint density at radius 1 is 0.912 bits per heavy atom. The molecule has 1 unspecified atom stereocenters. The van der Waals surface area contributed by atoms with Crippen molar-refractivity contribution in [3.63, 3.8) is 0 Å². The van der Waals surface area contributed by atoms with Crippen LogP contribution in [0.25, 0.3) is 10.6 Å². The summed E-state index contributed by atoms with van der Waals surface area (Å²) in [7, 11) is 0. The van der Waals surface area contributed by atoms with E-state index < -0.39 is 12.1 Å². The van der Waals surface area contributed by atoms with Crippen molar-refractivity contribution in [1.29, 1.82) is 0 Å². The summed E-state index contributed by atoms with van der Waals surface area (Å²) in [6, 6.07) is 22.8. The highest BCUT2D eigenvalue weighted by Gasteiger charge is 2.23. The van der Waals surface area contributed by atoms with Crippen LogP contribution in [-0.2, 0) is 11.2 Å². The van der Waals surface area contributed by atoms with E-state index in [0.717, 1.165) is 16.7 Å². The SMILES string of the molecule is Cc1ccc(NC(=O)NC(Cc2ccccc2)C(=O)Nc2nnc(-c3ccc(Cl)cc3)s2)cc1. The molecule has 172 valence electrons. The molecule has 7 nitrogen and oxygen atoms in total. The van der Waals surface area contributed by atoms with Crippen LogP contribution < -0.4 is 16.0 Å². The number of benzene rings is 3. The summed E-state index contributed by atoms with van der Waals surface area (Å²) in [5.74, 6) is -0.387. The summed E-state index contributed by atoms with van der Waals surface area (Å²) in [6.45, 7) is 1.97. The van der Waals surface area contributed by atoms with Gasteiger partial charge in [-0.2, -0.15) is 0 Å². The molecule has 4 rings (SSSR count). The molecule has 9 heteroatoms. The highest BCUT2D eigenvalue weighted by molar-refractivity contribution is 7.18. The van der Waals surface area contributed by atoms with E-state index in [9.17, 15) is 9.59 Å². The Hall–Kier alpha value is -3.75. The number of hydrogen-bond acceptors (Lipinski definition) is 5. The molecule has 3 amide bonds. The zero-order valence-corrected chi connectivity index (χ0v) is 19.9. The van der Waals surface area contributed by atoms with E-state index in [1.54, 1.807) is 24.3 Å². The maximum Gasteiger partial charge on any atom is 0.319 e. The first kappa shape index (κ1) is 23.4. The first-order valence-electron chi connectivity index (χ1n) is 10.5. The van der Waals surface area contributed by atoms with Gasteiger partial charge in [0.15, 0.2) is 0 Å². The van der Waals surface area contributed by atoms with Gasteiger partial charge in [-0.1, -0.05) is 83.1 Å². The molecule has 3 aromatic carbocycles. The van der Waals surface area contributed by atoms with Crippen LogP contribution in [0.4, 0.5) is 15.6 Å². The minimum atomic E-state index is -0.823. The fourth-order valence-corrected chi connectivity index (χ4v) is 4.07. The molecule has 0 aliphatic heterocycles. The van der Waals surface area contributed by atoms with E-state index in [1.807, 2.05) is 61.5 Å². The minimum Gasteiger partial charge on any atom is -0.326 e. The van der Waals surface area contributed by atoms with Crippen LogP contribution in [0.2, 0.25) is 5.02 Å². The summed E-state index contributed by atoms with van der Waals surface area (Å²) in [4.78, 5) is 25.7.